The molecule has 1 amide bonds. The molecule has 1 aromatic heterocycles. The van der Waals surface area contributed by atoms with Crippen LogP contribution < -0.4 is 10.2 Å². The summed E-state index contributed by atoms with van der Waals surface area (Å²) in [6, 6.07) is 14.6. The van der Waals surface area contributed by atoms with Crippen molar-refractivity contribution < 1.29 is 4.79 Å². The third-order valence-corrected chi connectivity index (χ3v) is 5.48. The predicted octanol–water partition coefficient (Wildman–Crippen LogP) is 1.62. The molecule has 0 unspecified atom stereocenters. The lowest BCUT2D eigenvalue weighted by atomic mass is 10.0. The molecule has 2 aliphatic rings. The van der Waals surface area contributed by atoms with Gasteiger partial charge in [-0.2, -0.15) is 0 Å². The van der Waals surface area contributed by atoms with Gasteiger partial charge < -0.3 is 20.0 Å². The van der Waals surface area contributed by atoms with E-state index < -0.39 is 0 Å². The summed E-state index contributed by atoms with van der Waals surface area (Å²) >= 11 is 0. The second kappa shape index (κ2) is 8.06. The van der Waals surface area contributed by atoms with Crippen molar-refractivity contribution in [3.05, 3.63) is 59.8 Å². The molecule has 27 heavy (non-hydrogen) atoms. The molecule has 0 aliphatic carbocycles. The van der Waals surface area contributed by atoms with E-state index in [4.69, 9.17) is 0 Å². The van der Waals surface area contributed by atoms with Crippen LogP contribution in [0.15, 0.2) is 48.7 Å². The molecule has 0 saturated carbocycles. The molecule has 2 aliphatic heterocycles. The summed E-state index contributed by atoms with van der Waals surface area (Å²) in [5, 5.41) is 3.58. The van der Waals surface area contributed by atoms with Gasteiger partial charge in [-0.05, 0) is 24.7 Å². The van der Waals surface area contributed by atoms with Crippen LogP contribution in [0, 0.1) is 0 Å². The lowest BCUT2D eigenvalue weighted by molar-refractivity contribution is 0.0664. The lowest BCUT2D eigenvalue weighted by Crippen LogP contribution is -2.47. The lowest BCUT2D eigenvalue weighted by Gasteiger charge is -2.35. The fraction of sp³-hybridized carbons (Fsp3) is 0.429. The molecule has 1 atom stereocenters. The van der Waals surface area contributed by atoms with Crippen LogP contribution >= 0.6 is 0 Å². The van der Waals surface area contributed by atoms with Crippen LogP contribution in [0.3, 0.4) is 0 Å². The second-order valence-corrected chi connectivity index (χ2v) is 7.36. The Labute approximate surface area is 160 Å². The Morgan fingerprint density at radius 2 is 1.85 bits per heavy atom. The molecule has 2 saturated heterocycles. The van der Waals surface area contributed by atoms with Crippen LogP contribution in [-0.4, -0.2) is 73.6 Å². The van der Waals surface area contributed by atoms with Gasteiger partial charge in [-0.15, -0.1) is 0 Å². The fourth-order valence-electron chi connectivity index (χ4n) is 3.78. The summed E-state index contributed by atoms with van der Waals surface area (Å²) in [5.74, 6) is 0.999. The zero-order chi connectivity index (χ0) is 18.6. The Hall–Kier alpha value is -2.44. The molecule has 3 heterocycles. The first-order valence-electron chi connectivity index (χ1n) is 9.68. The Balaban J connectivity index is 1.48. The van der Waals surface area contributed by atoms with Gasteiger partial charge in [0.15, 0.2) is 0 Å². The van der Waals surface area contributed by atoms with E-state index in [0.717, 1.165) is 57.2 Å². The number of nitrogens with zero attached hydrogens (tertiary/aromatic N) is 4. The topological polar surface area (TPSA) is 51.7 Å². The monoisotopic (exact) mass is 365 g/mol. The number of likely N-dealkylation sites (N-methyl/N-ethyl adjacent to an activating group) is 1. The number of anilines is 1. The van der Waals surface area contributed by atoms with Crippen molar-refractivity contribution in [2.24, 2.45) is 0 Å². The highest BCUT2D eigenvalue weighted by Crippen LogP contribution is 2.22. The van der Waals surface area contributed by atoms with Gasteiger partial charge in [0.1, 0.15) is 5.82 Å². The average molecular weight is 365 g/mol. The molecule has 0 radical (unpaired) electrons. The van der Waals surface area contributed by atoms with Gasteiger partial charge in [0.2, 0.25) is 0 Å². The molecule has 142 valence electrons. The van der Waals surface area contributed by atoms with E-state index in [0.29, 0.717) is 0 Å². The highest BCUT2D eigenvalue weighted by atomic mass is 16.2. The maximum atomic E-state index is 12.9. The van der Waals surface area contributed by atoms with Gasteiger partial charge in [-0.1, -0.05) is 30.3 Å². The first-order chi connectivity index (χ1) is 13.2. The summed E-state index contributed by atoms with van der Waals surface area (Å²) < 4.78 is 0. The molecular formula is C21H27N5O. The Morgan fingerprint density at radius 3 is 2.63 bits per heavy atom. The Morgan fingerprint density at radius 1 is 1.07 bits per heavy atom. The Kier molecular flexibility index (Phi) is 5.36. The maximum absolute atomic E-state index is 12.9. The number of piperazine rings is 2. The number of nitrogens with one attached hydrogen (secondary N) is 1. The minimum absolute atomic E-state index is 0.112. The van der Waals surface area contributed by atoms with Crippen molar-refractivity contribution >= 4 is 11.7 Å². The zero-order valence-corrected chi connectivity index (χ0v) is 15.8. The number of hydrogen-bond acceptors (Lipinski definition) is 5. The van der Waals surface area contributed by atoms with Gasteiger partial charge in [-0.3, -0.25) is 4.79 Å². The van der Waals surface area contributed by atoms with E-state index >= 15 is 0 Å². The molecule has 6 heteroatoms. The van der Waals surface area contributed by atoms with Gasteiger partial charge in [-0.25, -0.2) is 4.98 Å². The first-order valence-corrected chi connectivity index (χ1v) is 9.68. The first kappa shape index (κ1) is 17.9. The summed E-state index contributed by atoms with van der Waals surface area (Å²) in [5.41, 5.74) is 2.02. The largest absolute Gasteiger partial charge is 0.353 e. The molecule has 6 nitrogen and oxygen atoms in total. The number of pyridine rings is 1. The van der Waals surface area contributed by atoms with Gasteiger partial charge in [0, 0.05) is 63.6 Å². The Bertz CT molecular complexity index is 773. The average Bonchev–Trinajstić information content (AvgIpc) is 2.75. The van der Waals surface area contributed by atoms with Crippen LogP contribution in [0.25, 0.3) is 0 Å². The number of rotatable bonds is 3. The molecule has 0 spiro atoms. The minimum Gasteiger partial charge on any atom is -0.353 e. The van der Waals surface area contributed by atoms with E-state index in [-0.39, 0.29) is 11.9 Å². The third kappa shape index (κ3) is 4.12. The van der Waals surface area contributed by atoms with E-state index in [2.05, 4.69) is 51.4 Å². The van der Waals surface area contributed by atoms with Crippen LogP contribution in [0.2, 0.25) is 0 Å². The standard InChI is InChI=1S/C21H27N5O/c1-24-11-13-25(14-12-24)21(27)18-7-8-23-20(15-18)26-10-9-22-19(16-26)17-5-3-2-4-6-17/h2-8,15,19,22H,9-14,16H2,1H3/t19-/m1/s1. The second-order valence-electron chi connectivity index (χ2n) is 7.36. The number of aromatic nitrogens is 1. The minimum atomic E-state index is 0.112. The van der Waals surface area contributed by atoms with Crippen molar-refractivity contribution in [2.45, 2.75) is 6.04 Å². The van der Waals surface area contributed by atoms with Crippen LogP contribution in [0.4, 0.5) is 5.82 Å². The fourth-order valence-corrected chi connectivity index (χ4v) is 3.78. The van der Waals surface area contributed by atoms with E-state index in [1.807, 2.05) is 23.1 Å². The number of amides is 1. The quantitative estimate of drug-likeness (QED) is 0.896. The van der Waals surface area contributed by atoms with Crippen molar-refractivity contribution in [3.63, 3.8) is 0 Å². The summed E-state index contributed by atoms with van der Waals surface area (Å²) in [6.45, 7) is 6.08. The molecule has 1 N–H and O–H groups in total. The molecule has 2 aromatic rings. The van der Waals surface area contributed by atoms with Crippen molar-refractivity contribution in [1.82, 2.24) is 20.1 Å². The molecule has 4 rings (SSSR count). The van der Waals surface area contributed by atoms with Crippen molar-refractivity contribution in [1.29, 1.82) is 0 Å². The highest BCUT2D eigenvalue weighted by molar-refractivity contribution is 5.95. The number of benzene rings is 1. The smallest absolute Gasteiger partial charge is 0.254 e. The maximum Gasteiger partial charge on any atom is 0.254 e. The molecule has 2 fully saturated rings. The van der Waals surface area contributed by atoms with Gasteiger partial charge in [0.25, 0.3) is 5.91 Å². The summed E-state index contributed by atoms with van der Waals surface area (Å²) in [6.07, 6.45) is 1.76. The van der Waals surface area contributed by atoms with E-state index in [1.165, 1.54) is 5.56 Å². The third-order valence-electron chi connectivity index (χ3n) is 5.48. The van der Waals surface area contributed by atoms with Crippen molar-refractivity contribution in [2.75, 3.05) is 57.8 Å². The normalized spacial score (nSPS) is 21.3. The van der Waals surface area contributed by atoms with Crippen molar-refractivity contribution in [3.8, 4) is 0 Å². The number of carbonyl (C=O) groups is 1. The summed E-state index contributed by atoms with van der Waals surface area (Å²) in [4.78, 5) is 23.9. The predicted molar refractivity (Wildman–Crippen MR) is 107 cm³/mol. The highest BCUT2D eigenvalue weighted by Gasteiger charge is 2.24. The number of hydrogen-bond donors (Lipinski definition) is 1. The zero-order valence-electron chi connectivity index (χ0n) is 15.8. The molecular weight excluding hydrogens is 338 g/mol. The van der Waals surface area contributed by atoms with Crippen LogP contribution in [-0.2, 0) is 0 Å². The number of carbonyl (C=O) groups excluding carboxylic acids is 1. The van der Waals surface area contributed by atoms with Gasteiger partial charge in [0.05, 0.1) is 0 Å². The van der Waals surface area contributed by atoms with Crippen LogP contribution in [0.5, 0.6) is 0 Å². The van der Waals surface area contributed by atoms with Gasteiger partial charge >= 0.3 is 0 Å². The van der Waals surface area contributed by atoms with E-state index in [9.17, 15) is 4.79 Å². The molecule has 0 bridgehead atoms. The SMILES string of the molecule is CN1CCN(C(=O)c2ccnc(N3CCN[C@@H](c4ccccc4)C3)c2)CC1. The summed E-state index contributed by atoms with van der Waals surface area (Å²) in [7, 11) is 2.10. The molecule has 1 aromatic carbocycles. The van der Waals surface area contributed by atoms with Crippen LogP contribution in [0.1, 0.15) is 22.0 Å². The van der Waals surface area contributed by atoms with E-state index in [1.54, 1.807) is 6.20 Å².